The number of nitrogens with zero attached hydrogens (tertiary/aromatic N) is 2. The van der Waals surface area contributed by atoms with Crippen LogP contribution in [0.25, 0.3) is 0 Å². The molecule has 0 N–H and O–H groups in total. The summed E-state index contributed by atoms with van der Waals surface area (Å²) in [6.45, 7) is 4.07. The second-order valence-corrected chi connectivity index (χ2v) is 6.96. The molecule has 0 saturated carbocycles. The Bertz CT molecular complexity index is 892. The summed E-state index contributed by atoms with van der Waals surface area (Å²) in [5.41, 5.74) is 3.25. The average Bonchev–Trinajstić information content (AvgIpc) is 2.73. The highest BCUT2D eigenvalue weighted by Gasteiger charge is 2.34. The Labute approximate surface area is 170 Å². The third kappa shape index (κ3) is 3.92. The molecule has 0 aliphatic carbocycles. The minimum Gasteiger partial charge on any atom is -0.497 e. The van der Waals surface area contributed by atoms with Gasteiger partial charge in [-0.3, -0.25) is 4.90 Å². The Morgan fingerprint density at radius 2 is 1.82 bits per heavy atom. The molecule has 0 unspecified atom stereocenters. The Hall–Kier alpha value is -2.73. The molecule has 1 atom stereocenters. The van der Waals surface area contributed by atoms with Gasteiger partial charge in [-0.05, 0) is 49.9 Å². The van der Waals surface area contributed by atoms with Crippen LogP contribution in [0.5, 0.6) is 5.75 Å². The largest absolute Gasteiger partial charge is 0.497 e. The number of hydrogen-bond acceptors (Lipinski definition) is 6. The summed E-state index contributed by atoms with van der Waals surface area (Å²) in [4.78, 5) is 19.8. The molecule has 1 heterocycles. The number of hydrogen-bond donors (Lipinski definition) is 0. The minimum atomic E-state index is -0.424. The molecule has 3 rings (SSSR count). The van der Waals surface area contributed by atoms with Crippen molar-refractivity contribution >= 4 is 28.6 Å². The molecule has 2 aromatic rings. The van der Waals surface area contributed by atoms with Gasteiger partial charge >= 0.3 is 5.97 Å². The van der Waals surface area contributed by atoms with E-state index in [0.717, 1.165) is 27.9 Å². The molecular weight excluding hydrogens is 372 g/mol. The van der Waals surface area contributed by atoms with Gasteiger partial charge in [-0.25, -0.2) is 9.79 Å². The van der Waals surface area contributed by atoms with E-state index in [0.29, 0.717) is 12.2 Å². The summed E-state index contributed by atoms with van der Waals surface area (Å²) in [5, 5.41) is 0.831. The quantitative estimate of drug-likeness (QED) is 0.679. The maximum absolute atomic E-state index is 12.9. The third-order valence-corrected chi connectivity index (χ3v) is 5.21. The average molecular weight is 397 g/mol. The summed E-state index contributed by atoms with van der Waals surface area (Å²) in [6.07, 6.45) is 1.99. The van der Waals surface area contributed by atoms with E-state index in [2.05, 4.69) is 0 Å². The fourth-order valence-corrected chi connectivity index (χ4v) is 3.85. The fourth-order valence-electron chi connectivity index (χ4n) is 3.22. The molecular formula is C22H24N2O3S. The van der Waals surface area contributed by atoms with E-state index < -0.39 is 6.04 Å². The van der Waals surface area contributed by atoms with Crippen molar-refractivity contribution in [1.29, 1.82) is 0 Å². The van der Waals surface area contributed by atoms with E-state index in [9.17, 15) is 4.79 Å². The third-order valence-electron chi connectivity index (χ3n) is 4.55. The molecule has 0 saturated heterocycles. The molecule has 6 heteroatoms. The van der Waals surface area contributed by atoms with Crippen molar-refractivity contribution < 1.29 is 14.3 Å². The molecule has 0 spiro atoms. The molecule has 0 aromatic heterocycles. The van der Waals surface area contributed by atoms with Gasteiger partial charge in [0.15, 0.2) is 5.17 Å². The SMILES string of the molecule is CCOC(=O)C1=C(C)N(c2ccccc2)C(SC)=N[C@@H]1c1ccc(OC)cc1. The number of para-hydroxylation sites is 1. The van der Waals surface area contributed by atoms with Crippen LogP contribution < -0.4 is 9.64 Å². The zero-order valence-electron chi connectivity index (χ0n) is 16.5. The van der Waals surface area contributed by atoms with Crippen LogP contribution in [0.3, 0.4) is 0 Å². The summed E-state index contributed by atoms with van der Waals surface area (Å²) in [5.74, 6) is 0.420. The van der Waals surface area contributed by atoms with E-state index in [-0.39, 0.29) is 5.97 Å². The number of methoxy groups -OCH3 is 1. The number of allylic oxidation sites excluding steroid dienone is 1. The van der Waals surface area contributed by atoms with E-state index >= 15 is 0 Å². The fraction of sp³-hybridized carbons (Fsp3) is 0.273. The Morgan fingerprint density at radius 3 is 2.39 bits per heavy atom. The van der Waals surface area contributed by atoms with Crippen molar-refractivity contribution in [3.63, 3.8) is 0 Å². The Kier molecular flexibility index (Phi) is 6.41. The minimum absolute atomic E-state index is 0.315. The number of esters is 1. The van der Waals surface area contributed by atoms with Crippen molar-refractivity contribution in [1.82, 2.24) is 0 Å². The molecule has 0 bridgehead atoms. The number of rotatable bonds is 5. The monoisotopic (exact) mass is 396 g/mol. The summed E-state index contributed by atoms with van der Waals surface area (Å²) in [6, 6.07) is 17.1. The molecule has 0 amide bonds. The van der Waals surface area contributed by atoms with Crippen LogP contribution in [-0.2, 0) is 9.53 Å². The predicted molar refractivity (Wildman–Crippen MR) is 115 cm³/mol. The standard InChI is InChI=1S/C22H24N2O3S/c1-5-27-21(25)19-15(2)24(17-9-7-6-8-10-17)22(28-4)23-20(19)16-11-13-18(26-3)14-12-16/h6-14,20H,5H2,1-4H3/t20-/m1/s1. The Balaban J connectivity index is 2.13. The predicted octanol–water partition coefficient (Wildman–Crippen LogP) is 4.81. The highest BCUT2D eigenvalue weighted by Crippen LogP contribution is 2.39. The first-order valence-electron chi connectivity index (χ1n) is 9.09. The van der Waals surface area contributed by atoms with E-state index in [1.54, 1.807) is 18.9 Å². The number of aliphatic imine (C=N–C) groups is 1. The van der Waals surface area contributed by atoms with Crippen molar-refractivity contribution in [2.24, 2.45) is 4.99 Å². The number of thioether (sulfide) groups is 1. The smallest absolute Gasteiger partial charge is 0.338 e. The van der Waals surface area contributed by atoms with Crippen LogP contribution in [0.4, 0.5) is 5.69 Å². The summed E-state index contributed by atoms with van der Waals surface area (Å²) in [7, 11) is 1.63. The van der Waals surface area contributed by atoms with E-state index in [4.69, 9.17) is 14.5 Å². The molecule has 1 aliphatic heterocycles. The second-order valence-electron chi connectivity index (χ2n) is 6.18. The molecule has 146 valence electrons. The van der Waals surface area contributed by atoms with Gasteiger partial charge in [0.05, 0.1) is 19.3 Å². The molecule has 28 heavy (non-hydrogen) atoms. The van der Waals surface area contributed by atoms with Crippen LogP contribution in [0.15, 0.2) is 70.9 Å². The number of anilines is 1. The lowest BCUT2D eigenvalue weighted by Gasteiger charge is -2.34. The maximum Gasteiger partial charge on any atom is 0.338 e. The molecule has 2 aromatic carbocycles. The van der Waals surface area contributed by atoms with Gasteiger partial charge in [-0.1, -0.05) is 42.1 Å². The van der Waals surface area contributed by atoms with E-state index in [1.165, 1.54) is 0 Å². The van der Waals surface area contributed by atoms with Crippen LogP contribution >= 0.6 is 11.8 Å². The number of carbonyl (C=O) groups excluding carboxylic acids is 1. The Morgan fingerprint density at radius 1 is 1.14 bits per heavy atom. The highest BCUT2D eigenvalue weighted by atomic mass is 32.2. The molecule has 5 nitrogen and oxygen atoms in total. The van der Waals surface area contributed by atoms with Crippen LogP contribution in [0.2, 0.25) is 0 Å². The molecule has 0 fully saturated rings. The van der Waals surface area contributed by atoms with Gasteiger partial charge in [-0.2, -0.15) is 0 Å². The second kappa shape index (κ2) is 8.97. The van der Waals surface area contributed by atoms with Crippen molar-refractivity contribution in [3.8, 4) is 5.75 Å². The number of benzene rings is 2. The van der Waals surface area contributed by atoms with Gasteiger partial charge in [0, 0.05) is 11.4 Å². The first-order valence-corrected chi connectivity index (χ1v) is 10.3. The van der Waals surface area contributed by atoms with Gasteiger partial charge in [0.1, 0.15) is 11.8 Å². The lowest BCUT2D eigenvalue weighted by atomic mass is 9.95. The summed E-state index contributed by atoms with van der Waals surface area (Å²) >= 11 is 1.55. The molecule has 1 aliphatic rings. The van der Waals surface area contributed by atoms with Crippen LogP contribution in [-0.4, -0.2) is 31.1 Å². The zero-order chi connectivity index (χ0) is 20.1. The van der Waals surface area contributed by atoms with Crippen molar-refractivity contribution in [2.45, 2.75) is 19.9 Å². The van der Waals surface area contributed by atoms with Gasteiger partial charge in [0.25, 0.3) is 0 Å². The number of carbonyl (C=O) groups is 1. The molecule has 0 radical (unpaired) electrons. The van der Waals surface area contributed by atoms with E-state index in [1.807, 2.05) is 79.6 Å². The number of amidine groups is 1. The van der Waals surface area contributed by atoms with Gasteiger partial charge in [-0.15, -0.1) is 0 Å². The van der Waals surface area contributed by atoms with Crippen LogP contribution in [0.1, 0.15) is 25.5 Å². The van der Waals surface area contributed by atoms with Crippen molar-refractivity contribution in [3.05, 3.63) is 71.4 Å². The lowest BCUT2D eigenvalue weighted by Crippen LogP contribution is -2.35. The zero-order valence-corrected chi connectivity index (χ0v) is 17.3. The maximum atomic E-state index is 12.9. The van der Waals surface area contributed by atoms with Crippen LogP contribution in [0, 0.1) is 0 Å². The lowest BCUT2D eigenvalue weighted by molar-refractivity contribution is -0.138. The normalized spacial score (nSPS) is 16.6. The topological polar surface area (TPSA) is 51.1 Å². The first kappa shape index (κ1) is 20.0. The first-order chi connectivity index (χ1) is 13.6. The highest BCUT2D eigenvalue weighted by molar-refractivity contribution is 8.13. The van der Waals surface area contributed by atoms with Gasteiger partial charge < -0.3 is 9.47 Å². The van der Waals surface area contributed by atoms with Gasteiger partial charge in [0.2, 0.25) is 0 Å². The number of ether oxygens (including phenoxy) is 2. The van der Waals surface area contributed by atoms with Crippen molar-refractivity contribution in [2.75, 3.05) is 24.9 Å². The summed E-state index contributed by atoms with van der Waals surface area (Å²) < 4.78 is 10.6.